The molecule has 1 aliphatic heterocycles. The van der Waals surface area contributed by atoms with Gasteiger partial charge in [-0.25, -0.2) is 19.2 Å². The Bertz CT molecular complexity index is 1370. The molecule has 4 heterocycles. The second-order valence-corrected chi connectivity index (χ2v) is 7.65. The molecule has 0 fully saturated rings. The Balaban J connectivity index is 1.48. The number of fused-ring (bicyclic) bond motifs is 2. The Morgan fingerprint density at radius 2 is 1.97 bits per heavy atom. The number of halogens is 1. The second-order valence-electron chi connectivity index (χ2n) is 7.65. The summed E-state index contributed by atoms with van der Waals surface area (Å²) in [5.41, 5.74) is 3.75. The zero-order valence-electron chi connectivity index (χ0n) is 17.8. The van der Waals surface area contributed by atoms with Gasteiger partial charge in [-0.05, 0) is 48.7 Å². The van der Waals surface area contributed by atoms with Crippen molar-refractivity contribution in [2.75, 3.05) is 23.9 Å². The van der Waals surface area contributed by atoms with Gasteiger partial charge in [0.25, 0.3) is 5.91 Å². The lowest BCUT2D eigenvalue weighted by Crippen LogP contribution is -2.36. The summed E-state index contributed by atoms with van der Waals surface area (Å²) in [5, 5.41) is 2.50. The van der Waals surface area contributed by atoms with Crippen molar-refractivity contribution >= 4 is 29.2 Å². The first-order valence-electron chi connectivity index (χ1n) is 10.4. The van der Waals surface area contributed by atoms with Gasteiger partial charge in [-0.3, -0.25) is 14.5 Å². The van der Waals surface area contributed by atoms with Crippen molar-refractivity contribution in [1.29, 1.82) is 0 Å². The summed E-state index contributed by atoms with van der Waals surface area (Å²) in [6, 6.07) is 11.8. The molecule has 2 amide bonds. The molecule has 0 bridgehead atoms. The van der Waals surface area contributed by atoms with E-state index < -0.39 is 11.9 Å². The maximum absolute atomic E-state index is 14.6. The van der Waals surface area contributed by atoms with Gasteiger partial charge in [0, 0.05) is 24.5 Å². The number of ether oxygens (including phenoxy) is 1. The monoisotopic (exact) mass is 445 g/mol. The highest BCUT2D eigenvalue weighted by Gasteiger charge is 2.27. The minimum atomic E-state index is -0.607. The minimum Gasteiger partial charge on any atom is -0.453 e. The number of anilines is 2. The topological polar surface area (TPSA) is 88.8 Å². The van der Waals surface area contributed by atoms with Crippen LogP contribution in [0.25, 0.3) is 16.9 Å². The van der Waals surface area contributed by atoms with Crippen molar-refractivity contribution in [1.82, 2.24) is 14.4 Å². The van der Waals surface area contributed by atoms with Crippen LogP contribution in [-0.4, -0.2) is 40.0 Å². The van der Waals surface area contributed by atoms with Crippen LogP contribution in [0.2, 0.25) is 0 Å². The van der Waals surface area contributed by atoms with Crippen molar-refractivity contribution in [2.24, 2.45) is 0 Å². The number of benzene rings is 1. The van der Waals surface area contributed by atoms with Crippen molar-refractivity contribution in [3.63, 3.8) is 0 Å². The van der Waals surface area contributed by atoms with Crippen LogP contribution in [0, 0.1) is 5.82 Å². The molecule has 0 unspecified atom stereocenters. The second kappa shape index (κ2) is 8.34. The van der Waals surface area contributed by atoms with E-state index in [2.05, 4.69) is 20.0 Å². The number of nitrogens with one attached hydrogen (secondary N) is 1. The van der Waals surface area contributed by atoms with E-state index in [9.17, 15) is 14.0 Å². The van der Waals surface area contributed by atoms with Gasteiger partial charge in [0.05, 0.1) is 30.3 Å². The summed E-state index contributed by atoms with van der Waals surface area (Å²) in [6.45, 7) is 0.458. The number of carbonyl (C=O) groups excluding carboxylic acids is 2. The molecule has 1 aliphatic rings. The highest BCUT2D eigenvalue weighted by atomic mass is 19.1. The van der Waals surface area contributed by atoms with E-state index in [1.54, 1.807) is 53.3 Å². The first-order chi connectivity index (χ1) is 16.0. The molecule has 0 atom stereocenters. The summed E-state index contributed by atoms with van der Waals surface area (Å²) < 4.78 is 20.9. The van der Waals surface area contributed by atoms with Gasteiger partial charge < -0.3 is 9.64 Å². The lowest BCUT2D eigenvalue weighted by molar-refractivity contribution is 0.0983. The van der Waals surface area contributed by atoms with E-state index in [4.69, 9.17) is 0 Å². The predicted octanol–water partition coefficient (Wildman–Crippen LogP) is 4.31. The summed E-state index contributed by atoms with van der Waals surface area (Å²) in [7, 11) is 1.28. The summed E-state index contributed by atoms with van der Waals surface area (Å²) in [5.74, 6) is -0.309. The van der Waals surface area contributed by atoms with Crippen LogP contribution in [0.5, 0.6) is 0 Å². The van der Waals surface area contributed by atoms with Gasteiger partial charge in [0.2, 0.25) is 0 Å². The van der Waals surface area contributed by atoms with Crippen molar-refractivity contribution < 1.29 is 18.7 Å². The van der Waals surface area contributed by atoms with E-state index in [0.29, 0.717) is 29.3 Å². The molecular formula is C24H20FN5O3. The maximum atomic E-state index is 14.6. The third-order valence-corrected chi connectivity index (χ3v) is 5.64. The normalized spacial score (nSPS) is 13.0. The molecule has 0 spiro atoms. The van der Waals surface area contributed by atoms with Crippen LogP contribution in [0.15, 0.2) is 61.1 Å². The average Bonchev–Trinajstić information content (AvgIpc) is 3.27. The number of pyridine rings is 2. The molecule has 0 saturated carbocycles. The summed E-state index contributed by atoms with van der Waals surface area (Å²) in [6.07, 6.45) is 5.90. The van der Waals surface area contributed by atoms with Crippen molar-refractivity contribution in [3.05, 3.63) is 78.0 Å². The van der Waals surface area contributed by atoms with Gasteiger partial charge in [-0.1, -0.05) is 12.1 Å². The summed E-state index contributed by atoms with van der Waals surface area (Å²) in [4.78, 5) is 34.9. The predicted molar refractivity (Wildman–Crippen MR) is 121 cm³/mol. The number of hydrogen-bond donors (Lipinski definition) is 1. The fourth-order valence-electron chi connectivity index (χ4n) is 4.06. The number of aryl methyl sites for hydroxylation is 1. The number of nitrogens with zero attached hydrogens (tertiary/aromatic N) is 4. The molecule has 9 heteroatoms. The van der Waals surface area contributed by atoms with Crippen LogP contribution in [0.4, 0.5) is 20.7 Å². The number of carbonyl (C=O) groups is 2. The van der Waals surface area contributed by atoms with Crippen LogP contribution in [-0.2, 0) is 11.2 Å². The number of amides is 2. The van der Waals surface area contributed by atoms with Gasteiger partial charge in [-0.2, -0.15) is 0 Å². The number of rotatable bonds is 3. The molecule has 0 saturated heterocycles. The molecule has 1 aromatic carbocycles. The zero-order chi connectivity index (χ0) is 22.9. The SMILES string of the molecule is COC(=O)Nc1ccc(-c2cnc3ccc(C(=O)N4CCCc5cccc(F)c54)cn23)cn1. The molecule has 0 radical (unpaired) electrons. The van der Waals surface area contributed by atoms with Crippen molar-refractivity contribution in [2.45, 2.75) is 12.8 Å². The van der Waals surface area contributed by atoms with Gasteiger partial charge in [0.15, 0.2) is 0 Å². The van der Waals surface area contributed by atoms with E-state index in [1.807, 2.05) is 6.07 Å². The van der Waals surface area contributed by atoms with Crippen LogP contribution < -0.4 is 10.2 Å². The number of imidazole rings is 1. The summed E-state index contributed by atoms with van der Waals surface area (Å²) >= 11 is 0. The Labute approximate surface area is 188 Å². The van der Waals surface area contributed by atoms with Crippen LogP contribution in [0.3, 0.4) is 0 Å². The molecule has 33 heavy (non-hydrogen) atoms. The fraction of sp³-hybridized carbons (Fsp3) is 0.167. The molecule has 4 aromatic rings. The first kappa shape index (κ1) is 20.6. The number of aromatic nitrogens is 3. The largest absolute Gasteiger partial charge is 0.453 e. The van der Waals surface area contributed by atoms with Gasteiger partial charge in [-0.15, -0.1) is 0 Å². The van der Waals surface area contributed by atoms with Gasteiger partial charge >= 0.3 is 6.09 Å². The lowest BCUT2D eigenvalue weighted by atomic mass is 10.0. The van der Waals surface area contributed by atoms with Crippen LogP contribution in [0.1, 0.15) is 22.3 Å². The van der Waals surface area contributed by atoms with E-state index in [1.165, 1.54) is 18.1 Å². The molecule has 1 N–H and O–H groups in total. The Morgan fingerprint density at radius 1 is 1.09 bits per heavy atom. The molecule has 166 valence electrons. The lowest BCUT2D eigenvalue weighted by Gasteiger charge is -2.29. The number of para-hydroxylation sites is 1. The maximum Gasteiger partial charge on any atom is 0.412 e. The molecule has 8 nitrogen and oxygen atoms in total. The van der Waals surface area contributed by atoms with Crippen molar-refractivity contribution in [3.8, 4) is 11.3 Å². The van der Waals surface area contributed by atoms with E-state index in [-0.39, 0.29) is 5.91 Å². The molecule has 0 aliphatic carbocycles. The molecule has 3 aromatic heterocycles. The Hall–Kier alpha value is -4.27. The minimum absolute atomic E-state index is 0.265. The smallest absolute Gasteiger partial charge is 0.412 e. The molecular weight excluding hydrogens is 425 g/mol. The van der Waals surface area contributed by atoms with E-state index >= 15 is 0 Å². The van der Waals surface area contributed by atoms with Crippen LogP contribution >= 0.6 is 0 Å². The van der Waals surface area contributed by atoms with Gasteiger partial charge in [0.1, 0.15) is 17.3 Å². The number of hydrogen-bond acceptors (Lipinski definition) is 5. The first-order valence-corrected chi connectivity index (χ1v) is 10.4. The molecule has 5 rings (SSSR count). The highest BCUT2D eigenvalue weighted by molar-refractivity contribution is 6.07. The fourth-order valence-corrected chi connectivity index (χ4v) is 4.06. The third-order valence-electron chi connectivity index (χ3n) is 5.64. The highest BCUT2D eigenvalue weighted by Crippen LogP contribution is 2.31. The standard InChI is InChI=1S/C24H20FN5O3/c1-33-24(32)28-20-9-7-16(12-26-20)19-13-27-21-10-8-17(14-30(19)21)23(31)29-11-3-5-15-4-2-6-18(25)22(15)29/h2,4,6-10,12-14H,3,5,11H2,1H3,(H,26,28,32). The third kappa shape index (κ3) is 3.78. The Morgan fingerprint density at radius 3 is 2.76 bits per heavy atom. The van der Waals surface area contributed by atoms with E-state index in [0.717, 1.165) is 29.7 Å². The average molecular weight is 445 g/mol. The number of methoxy groups -OCH3 is 1. The quantitative estimate of drug-likeness (QED) is 0.508. The zero-order valence-corrected chi connectivity index (χ0v) is 17.8. The Kier molecular flexibility index (Phi) is 5.21.